The van der Waals surface area contributed by atoms with Gasteiger partial charge in [0, 0.05) is 34.7 Å². The lowest BCUT2D eigenvalue weighted by molar-refractivity contribution is -0.129. The Bertz CT molecular complexity index is 1560. The van der Waals surface area contributed by atoms with Crippen molar-refractivity contribution in [2.24, 2.45) is 5.73 Å². The molecule has 3 aromatic carbocycles. The number of Topliss-reactive ketones (excluding diaryl/α,β-unsaturated/α-hetero) is 1. The molecule has 1 saturated carbocycles. The average Bonchev–Trinajstić information content (AvgIpc) is 3.68. The Morgan fingerprint density at radius 2 is 1.89 bits per heavy atom. The molecule has 1 heterocycles. The highest BCUT2D eigenvalue weighted by Crippen LogP contribution is 2.41. The van der Waals surface area contributed by atoms with E-state index >= 15 is 0 Å². The van der Waals surface area contributed by atoms with E-state index in [1.165, 1.54) is 12.6 Å². The third-order valence-electron chi connectivity index (χ3n) is 6.70. The second-order valence-corrected chi connectivity index (χ2v) is 9.73. The van der Waals surface area contributed by atoms with Crippen LogP contribution in [-0.2, 0) is 11.3 Å². The average molecular weight is 520 g/mol. The Labute approximate surface area is 217 Å². The molecule has 5 rings (SSSR count). The molecule has 9 heteroatoms. The van der Waals surface area contributed by atoms with Gasteiger partial charge in [0.25, 0.3) is 5.91 Å². The van der Waals surface area contributed by atoms with Crippen molar-refractivity contribution in [2.75, 3.05) is 13.7 Å². The van der Waals surface area contributed by atoms with Gasteiger partial charge in [0.15, 0.2) is 12.7 Å². The van der Waals surface area contributed by atoms with Crippen molar-refractivity contribution in [3.8, 4) is 5.75 Å². The number of benzene rings is 3. The lowest BCUT2D eigenvalue weighted by Crippen LogP contribution is -2.34. The standard InChI is InChI=1S/C28H26ClN3O5/c1-31-28(36)24(33)13-32-12-22(20-7-5-16(10-23(20)32)15-2-3-15)25(34)14-37-26-11-17-4-6-19(29)8-18(17)9-21(26)27(30)35/h4-12,15,24,33H,2-3,13-14H2,1H3,(H2,30,35)(H,31,36)/t24-/m0/s1. The maximum atomic E-state index is 13.3. The van der Waals surface area contributed by atoms with Crippen molar-refractivity contribution in [2.45, 2.75) is 31.4 Å². The molecule has 8 nitrogen and oxygen atoms in total. The van der Waals surface area contributed by atoms with E-state index in [2.05, 4.69) is 5.32 Å². The maximum Gasteiger partial charge on any atom is 0.252 e. The van der Waals surface area contributed by atoms with Crippen LogP contribution in [0.5, 0.6) is 5.75 Å². The predicted molar refractivity (Wildman–Crippen MR) is 141 cm³/mol. The summed E-state index contributed by atoms with van der Waals surface area (Å²) in [6, 6.07) is 14.4. The van der Waals surface area contributed by atoms with Gasteiger partial charge < -0.3 is 25.5 Å². The van der Waals surface area contributed by atoms with E-state index in [1.807, 2.05) is 18.2 Å². The summed E-state index contributed by atoms with van der Waals surface area (Å²) in [4.78, 5) is 37.3. The van der Waals surface area contributed by atoms with Crippen LogP contribution < -0.4 is 15.8 Å². The third-order valence-corrected chi connectivity index (χ3v) is 6.93. The van der Waals surface area contributed by atoms with Gasteiger partial charge in [-0.1, -0.05) is 29.8 Å². The minimum atomic E-state index is -1.27. The fourth-order valence-electron chi connectivity index (χ4n) is 4.57. The maximum absolute atomic E-state index is 13.3. The molecule has 0 bridgehead atoms. The van der Waals surface area contributed by atoms with Gasteiger partial charge in [-0.25, -0.2) is 0 Å². The van der Waals surface area contributed by atoms with Gasteiger partial charge in [0.1, 0.15) is 5.75 Å². The van der Waals surface area contributed by atoms with Crippen LogP contribution in [0.3, 0.4) is 0 Å². The van der Waals surface area contributed by atoms with Crippen molar-refractivity contribution >= 4 is 50.9 Å². The van der Waals surface area contributed by atoms with Crippen molar-refractivity contribution in [1.82, 2.24) is 9.88 Å². The summed E-state index contributed by atoms with van der Waals surface area (Å²) in [6.45, 7) is -0.335. The number of fused-ring (bicyclic) bond motifs is 2. The number of nitrogens with zero attached hydrogens (tertiary/aromatic N) is 1. The topological polar surface area (TPSA) is 124 Å². The number of hydrogen-bond acceptors (Lipinski definition) is 5. The van der Waals surface area contributed by atoms with Crippen LogP contribution in [0.2, 0.25) is 5.02 Å². The molecule has 1 aliphatic carbocycles. The van der Waals surface area contributed by atoms with Crippen LogP contribution in [0.1, 0.15) is 45.0 Å². The zero-order valence-corrected chi connectivity index (χ0v) is 20.9. The molecule has 0 radical (unpaired) electrons. The Kier molecular flexibility index (Phi) is 6.62. The molecule has 0 spiro atoms. The summed E-state index contributed by atoms with van der Waals surface area (Å²) in [5.41, 5.74) is 8.04. The first-order valence-electron chi connectivity index (χ1n) is 12.0. The molecule has 0 unspecified atom stereocenters. The first-order valence-corrected chi connectivity index (χ1v) is 12.3. The van der Waals surface area contributed by atoms with Crippen LogP contribution in [-0.4, -0.2) is 47.0 Å². The highest BCUT2D eigenvalue weighted by Gasteiger charge is 2.26. The van der Waals surface area contributed by atoms with E-state index in [4.69, 9.17) is 22.1 Å². The molecule has 190 valence electrons. The second kappa shape index (κ2) is 9.88. The van der Waals surface area contributed by atoms with Gasteiger partial charge in [0.05, 0.1) is 12.1 Å². The SMILES string of the molecule is CNC(=O)[C@@H](O)Cn1cc(C(=O)COc2cc3ccc(Cl)cc3cc2C(N)=O)c2ccc(C3CC3)cc21. The normalized spacial score (nSPS) is 14.0. The molecule has 1 aromatic heterocycles. The lowest BCUT2D eigenvalue weighted by atomic mass is 10.0. The first-order chi connectivity index (χ1) is 17.7. The van der Waals surface area contributed by atoms with Crippen molar-refractivity contribution in [3.63, 3.8) is 0 Å². The minimum Gasteiger partial charge on any atom is -0.485 e. The number of carbonyl (C=O) groups is 3. The number of ketones is 1. The molecule has 1 fully saturated rings. The zero-order chi connectivity index (χ0) is 26.3. The fourth-order valence-corrected chi connectivity index (χ4v) is 4.75. The minimum absolute atomic E-state index is 0.00249. The molecule has 0 aliphatic heterocycles. The van der Waals surface area contributed by atoms with Crippen molar-refractivity contribution in [1.29, 1.82) is 0 Å². The van der Waals surface area contributed by atoms with E-state index in [-0.39, 0.29) is 30.2 Å². The summed E-state index contributed by atoms with van der Waals surface area (Å²) in [5.74, 6) is -0.812. The van der Waals surface area contributed by atoms with Crippen molar-refractivity contribution in [3.05, 3.63) is 76.4 Å². The number of rotatable bonds is 9. The summed E-state index contributed by atoms with van der Waals surface area (Å²) >= 11 is 6.07. The monoisotopic (exact) mass is 519 g/mol. The lowest BCUT2D eigenvalue weighted by Gasteiger charge is -2.11. The number of nitrogens with one attached hydrogen (secondary N) is 1. The van der Waals surface area contributed by atoms with Crippen LogP contribution in [0, 0.1) is 0 Å². The summed E-state index contributed by atoms with van der Waals surface area (Å²) in [5, 5.41) is 15.5. The first kappa shape index (κ1) is 24.8. The number of aliphatic hydroxyl groups excluding tert-OH is 1. The Morgan fingerprint density at radius 1 is 1.11 bits per heavy atom. The van der Waals surface area contributed by atoms with Crippen LogP contribution in [0.15, 0.2) is 54.7 Å². The molecule has 1 aliphatic rings. The second-order valence-electron chi connectivity index (χ2n) is 9.29. The number of halogens is 1. The smallest absolute Gasteiger partial charge is 0.252 e. The van der Waals surface area contributed by atoms with Gasteiger partial charge in [-0.2, -0.15) is 0 Å². The quantitative estimate of drug-likeness (QED) is 0.290. The number of hydrogen-bond donors (Lipinski definition) is 3. The molecular weight excluding hydrogens is 494 g/mol. The van der Waals surface area contributed by atoms with E-state index in [1.54, 1.807) is 41.1 Å². The van der Waals surface area contributed by atoms with E-state index in [9.17, 15) is 19.5 Å². The van der Waals surface area contributed by atoms with Gasteiger partial charge in [-0.3, -0.25) is 14.4 Å². The van der Waals surface area contributed by atoms with Gasteiger partial charge >= 0.3 is 0 Å². The molecular formula is C28H26ClN3O5. The van der Waals surface area contributed by atoms with Gasteiger partial charge in [-0.05, 0) is 65.4 Å². The number of carbonyl (C=O) groups excluding carboxylic acids is 3. The number of aromatic nitrogens is 1. The summed E-state index contributed by atoms with van der Waals surface area (Å²) in [7, 11) is 1.46. The molecule has 4 aromatic rings. The van der Waals surface area contributed by atoms with E-state index in [0.717, 1.165) is 29.1 Å². The Morgan fingerprint density at radius 3 is 2.59 bits per heavy atom. The summed E-state index contributed by atoms with van der Waals surface area (Å²) < 4.78 is 7.54. The zero-order valence-electron chi connectivity index (χ0n) is 20.2. The van der Waals surface area contributed by atoms with Crippen molar-refractivity contribution < 1.29 is 24.2 Å². The van der Waals surface area contributed by atoms with E-state index in [0.29, 0.717) is 21.9 Å². The molecule has 2 amide bonds. The predicted octanol–water partition coefficient (Wildman–Crippen LogP) is 3.79. The van der Waals surface area contributed by atoms with Gasteiger partial charge in [0.2, 0.25) is 11.7 Å². The largest absolute Gasteiger partial charge is 0.485 e. The number of aliphatic hydroxyl groups is 1. The fraction of sp³-hybridized carbons (Fsp3) is 0.250. The van der Waals surface area contributed by atoms with Gasteiger partial charge in [-0.15, -0.1) is 0 Å². The van der Waals surface area contributed by atoms with Crippen LogP contribution >= 0.6 is 11.6 Å². The molecule has 1 atom stereocenters. The number of primary amides is 1. The molecule has 37 heavy (non-hydrogen) atoms. The Balaban J connectivity index is 1.46. The Hall–Kier alpha value is -3.88. The van der Waals surface area contributed by atoms with E-state index < -0.39 is 17.9 Å². The number of nitrogens with two attached hydrogens (primary N) is 1. The van der Waals surface area contributed by atoms with Crippen LogP contribution in [0.4, 0.5) is 0 Å². The number of likely N-dealkylation sites (N-methyl/N-ethyl adjacent to an activating group) is 1. The number of ether oxygens (including phenoxy) is 1. The molecule has 0 saturated heterocycles. The van der Waals surface area contributed by atoms with Crippen LogP contribution in [0.25, 0.3) is 21.7 Å². The third kappa shape index (κ3) is 5.03. The number of amides is 2. The summed E-state index contributed by atoms with van der Waals surface area (Å²) in [6.07, 6.45) is 2.60. The highest BCUT2D eigenvalue weighted by atomic mass is 35.5. The highest BCUT2D eigenvalue weighted by molar-refractivity contribution is 6.31. The molecule has 4 N–H and O–H groups in total.